The van der Waals surface area contributed by atoms with Gasteiger partial charge >= 0.3 is 5.97 Å². The number of carbonyl (C=O) groups is 1. The van der Waals surface area contributed by atoms with Gasteiger partial charge in [0.25, 0.3) is 0 Å². The molecule has 3 rings (SSSR count). The number of rotatable bonds is 2. The summed E-state index contributed by atoms with van der Waals surface area (Å²) in [6.07, 6.45) is 1.99. The van der Waals surface area contributed by atoms with E-state index in [1.165, 1.54) is 0 Å². The van der Waals surface area contributed by atoms with E-state index in [0.29, 0.717) is 12.2 Å². The summed E-state index contributed by atoms with van der Waals surface area (Å²) in [4.78, 5) is 12.0. The maximum absolute atomic E-state index is 12.0. The lowest BCUT2D eigenvalue weighted by Gasteiger charge is -2.04. The Bertz CT molecular complexity index is 771. The lowest BCUT2D eigenvalue weighted by molar-refractivity contribution is 0.0528. The summed E-state index contributed by atoms with van der Waals surface area (Å²) >= 11 is 0. The predicted molar refractivity (Wildman–Crippen MR) is 75.6 cm³/mol. The van der Waals surface area contributed by atoms with Crippen LogP contribution in [0.15, 0.2) is 42.6 Å². The number of hydrogen-bond acceptors (Lipinski definition) is 2. The topological polar surface area (TPSA) is 30.7 Å². The van der Waals surface area contributed by atoms with Crippen molar-refractivity contribution in [1.29, 1.82) is 0 Å². The summed E-state index contributed by atoms with van der Waals surface area (Å²) in [6, 6.07) is 12.1. The van der Waals surface area contributed by atoms with E-state index < -0.39 is 0 Å². The SMILES string of the molecule is CCOC(=O)c1c(C)cn2c1ccc1ccccc12. The van der Waals surface area contributed by atoms with Gasteiger partial charge < -0.3 is 9.14 Å². The summed E-state index contributed by atoms with van der Waals surface area (Å²) in [6.45, 7) is 4.15. The minimum atomic E-state index is -0.252. The molecular formula is C16H15NO2. The molecule has 0 saturated carbocycles. The number of aromatic nitrogens is 1. The first kappa shape index (κ1) is 11.8. The van der Waals surface area contributed by atoms with Gasteiger partial charge in [-0.15, -0.1) is 0 Å². The molecule has 0 unspecified atom stereocenters. The fourth-order valence-electron chi connectivity index (χ4n) is 2.50. The molecule has 0 spiro atoms. The van der Waals surface area contributed by atoms with Crippen LogP contribution in [-0.2, 0) is 4.74 Å². The zero-order valence-corrected chi connectivity index (χ0v) is 11.0. The lowest BCUT2D eigenvalue weighted by Crippen LogP contribution is -2.05. The van der Waals surface area contributed by atoms with Crippen molar-refractivity contribution in [3.05, 3.63) is 53.7 Å². The van der Waals surface area contributed by atoms with Crippen molar-refractivity contribution >= 4 is 22.4 Å². The first-order chi connectivity index (χ1) is 9.22. The van der Waals surface area contributed by atoms with Crippen LogP contribution in [0.3, 0.4) is 0 Å². The number of ether oxygens (including phenoxy) is 1. The third-order valence-electron chi connectivity index (χ3n) is 3.33. The molecule has 0 N–H and O–H groups in total. The molecule has 0 fully saturated rings. The fourth-order valence-corrected chi connectivity index (χ4v) is 2.50. The van der Waals surface area contributed by atoms with Gasteiger partial charge in [-0.3, -0.25) is 0 Å². The van der Waals surface area contributed by atoms with Crippen molar-refractivity contribution in [3.63, 3.8) is 0 Å². The second-order valence-electron chi connectivity index (χ2n) is 4.55. The maximum Gasteiger partial charge on any atom is 0.340 e. The monoisotopic (exact) mass is 253 g/mol. The van der Waals surface area contributed by atoms with Crippen LogP contribution in [0.5, 0.6) is 0 Å². The fraction of sp³-hybridized carbons (Fsp3) is 0.188. The standard InChI is InChI=1S/C16H15NO2/c1-3-19-16(18)15-11(2)10-17-13-7-5-4-6-12(13)8-9-14(15)17/h4-10H,3H2,1-2H3. The molecule has 0 aliphatic rings. The third kappa shape index (κ3) is 1.78. The molecule has 0 bridgehead atoms. The van der Waals surface area contributed by atoms with Gasteiger partial charge in [-0.25, -0.2) is 4.79 Å². The molecule has 3 heteroatoms. The number of esters is 1. The van der Waals surface area contributed by atoms with Gasteiger partial charge in [0.2, 0.25) is 0 Å². The number of carbonyl (C=O) groups excluding carboxylic acids is 1. The third-order valence-corrected chi connectivity index (χ3v) is 3.33. The number of fused-ring (bicyclic) bond motifs is 3. The lowest BCUT2D eigenvalue weighted by atomic mass is 10.1. The molecule has 0 aliphatic carbocycles. The molecule has 0 saturated heterocycles. The molecule has 3 aromatic rings. The van der Waals surface area contributed by atoms with Gasteiger partial charge in [0.1, 0.15) is 0 Å². The van der Waals surface area contributed by atoms with Crippen LogP contribution in [0.1, 0.15) is 22.8 Å². The first-order valence-electron chi connectivity index (χ1n) is 6.39. The first-order valence-corrected chi connectivity index (χ1v) is 6.39. The number of aryl methyl sites for hydroxylation is 1. The molecule has 2 aromatic heterocycles. The maximum atomic E-state index is 12.0. The largest absolute Gasteiger partial charge is 0.462 e. The van der Waals surface area contributed by atoms with Crippen molar-refractivity contribution < 1.29 is 9.53 Å². The molecule has 0 radical (unpaired) electrons. The Kier molecular flexibility index (Phi) is 2.75. The molecule has 2 heterocycles. The van der Waals surface area contributed by atoms with E-state index in [4.69, 9.17) is 4.74 Å². The van der Waals surface area contributed by atoms with Gasteiger partial charge in [0.15, 0.2) is 0 Å². The minimum Gasteiger partial charge on any atom is -0.462 e. The van der Waals surface area contributed by atoms with Gasteiger partial charge in [0.05, 0.1) is 23.2 Å². The van der Waals surface area contributed by atoms with Crippen LogP contribution in [0.4, 0.5) is 0 Å². The Labute approximate surface area is 111 Å². The van der Waals surface area contributed by atoms with Crippen LogP contribution in [0.2, 0.25) is 0 Å². The van der Waals surface area contributed by atoms with Gasteiger partial charge in [0, 0.05) is 6.20 Å². The van der Waals surface area contributed by atoms with Gasteiger partial charge in [-0.1, -0.05) is 24.3 Å². The average molecular weight is 253 g/mol. The number of pyridine rings is 1. The number of para-hydroxylation sites is 1. The Hall–Kier alpha value is -2.29. The highest BCUT2D eigenvalue weighted by Crippen LogP contribution is 2.24. The molecule has 3 nitrogen and oxygen atoms in total. The Morgan fingerprint density at radius 3 is 2.74 bits per heavy atom. The van der Waals surface area contributed by atoms with Crippen LogP contribution in [0.25, 0.3) is 16.4 Å². The molecule has 0 atom stereocenters. The van der Waals surface area contributed by atoms with Gasteiger partial charge in [-0.2, -0.15) is 0 Å². The highest BCUT2D eigenvalue weighted by atomic mass is 16.5. The Balaban J connectivity index is 2.33. The van der Waals surface area contributed by atoms with E-state index >= 15 is 0 Å². The van der Waals surface area contributed by atoms with Crippen molar-refractivity contribution in [2.24, 2.45) is 0 Å². The van der Waals surface area contributed by atoms with E-state index in [-0.39, 0.29) is 5.97 Å². The van der Waals surface area contributed by atoms with Gasteiger partial charge in [-0.05, 0) is 36.9 Å². The minimum absolute atomic E-state index is 0.252. The summed E-state index contributed by atoms with van der Waals surface area (Å²) in [5.41, 5.74) is 3.59. The highest BCUT2D eigenvalue weighted by Gasteiger charge is 2.17. The smallest absolute Gasteiger partial charge is 0.340 e. The number of hydrogen-bond donors (Lipinski definition) is 0. The molecule has 19 heavy (non-hydrogen) atoms. The quantitative estimate of drug-likeness (QED) is 0.653. The molecule has 1 aromatic carbocycles. The average Bonchev–Trinajstić information content (AvgIpc) is 2.75. The summed E-state index contributed by atoms with van der Waals surface area (Å²) in [5, 5.41) is 1.15. The zero-order valence-electron chi connectivity index (χ0n) is 11.0. The second kappa shape index (κ2) is 4.43. The van der Waals surface area contributed by atoms with Crippen LogP contribution >= 0.6 is 0 Å². The Morgan fingerprint density at radius 1 is 1.16 bits per heavy atom. The van der Waals surface area contributed by atoms with E-state index in [0.717, 1.165) is 22.0 Å². The van der Waals surface area contributed by atoms with Crippen molar-refractivity contribution in [2.75, 3.05) is 6.61 Å². The second-order valence-corrected chi connectivity index (χ2v) is 4.55. The van der Waals surface area contributed by atoms with E-state index in [2.05, 4.69) is 16.5 Å². The van der Waals surface area contributed by atoms with E-state index in [1.54, 1.807) is 0 Å². The van der Waals surface area contributed by atoms with Crippen LogP contribution < -0.4 is 0 Å². The summed E-state index contributed by atoms with van der Waals surface area (Å²) in [5.74, 6) is -0.252. The van der Waals surface area contributed by atoms with Crippen LogP contribution in [-0.4, -0.2) is 17.0 Å². The van der Waals surface area contributed by atoms with Crippen molar-refractivity contribution in [1.82, 2.24) is 4.40 Å². The Morgan fingerprint density at radius 2 is 1.95 bits per heavy atom. The highest BCUT2D eigenvalue weighted by molar-refractivity contribution is 6.00. The normalized spacial score (nSPS) is 11.1. The molecule has 96 valence electrons. The summed E-state index contributed by atoms with van der Waals surface area (Å²) in [7, 11) is 0. The van der Waals surface area contributed by atoms with Crippen LogP contribution in [0, 0.1) is 6.92 Å². The number of nitrogens with zero attached hydrogens (tertiary/aromatic N) is 1. The zero-order chi connectivity index (χ0) is 13.4. The molecular weight excluding hydrogens is 238 g/mol. The molecule has 0 aliphatic heterocycles. The van der Waals surface area contributed by atoms with Crippen molar-refractivity contribution in [2.45, 2.75) is 13.8 Å². The van der Waals surface area contributed by atoms with Crippen molar-refractivity contribution in [3.8, 4) is 0 Å². The van der Waals surface area contributed by atoms with E-state index in [9.17, 15) is 4.79 Å². The predicted octanol–water partition coefficient (Wildman–Crippen LogP) is 3.58. The van der Waals surface area contributed by atoms with E-state index in [1.807, 2.05) is 44.3 Å². The summed E-state index contributed by atoms with van der Waals surface area (Å²) < 4.78 is 7.19. The molecule has 0 amide bonds. The number of benzene rings is 1.